The number of benzene rings is 2. The summed E-state index contributed by atoms with van der Waals surface area (Å²) in [4.78, 5) is 30.8. The number of amides is 2. The highest BCUT2D eigenvalue weighted by Crippen LogP contribution is 2.37. The molecular weight excluding hydrogens is 457 g/mol. The molecule has 3 rings (SSSR count). The van der Waals surface area contributed by atoms with Gasteiger partial charge in [0.05, 0.1) is 15.7 Å². The van der Waals surface area contributed by atoms with E-state index < -0.39 is 5.25 Å². The molecule has 2 aromatic rings. The number of hydrogen-bond acceptors (Lipinski definition) is 5. The second-order valence-electron chi connectivity index (χ2n) is 6.37. The van der Waals surface area contributed by atoms with Crippen molar-refractivity contribution >= 4 is 74.9 Å². The Labute approximate surface area is 186 Å². The molecule has 1 aliphatic rings. The van der Waals surface area contributed by atoms with Crippen molar-refractivity contribution in [1.82, 2.24) is 4.90 Å². The fourth-order valence-electron chi connectivity index (χ4n) is 2.52. The number of thioether (sulfide) groups is 1. The molecule has 1 aliphatic heterocycles. The third-order valence-electron chi connectivity index (χ3n) is 4.23. The Hall–Kier alpha value is -1.93. The van der Waals surface area contributed by atoms with Crippen molar-refractivity contribution in [2.24, 2.45) is 4.99 Å². The molecule has 0 spiro atoms. The van der Waals surface area contributed by atoms with E-state index in [1.54, 1.807) is 25.2 Å². The van der Waals surface area contributed by atoms with Gasteiger partial charge in [-0.05, 0) is 36.8 Å². The third-order valence-corrected chi connectivity index (χ3v) is 6.45. The predicted molar refractivity (Wildman–Crippen MR) is 119 cm³/mol. The average Bonchev–Trinajstić information content (AvgIpc) is 2.66. The summed E-state index contributed by atoms with van der Waals surface area (Å²) in [6.07, 6.45) is 0.0305. The molecule has 2 aromatic carbocycles. The Morgan fingerprint density at radius 1 is 1.21 bits per heavy atom. The number of nitrogens with zero attached hydrogens (tertiary/aromatic N) is 2. The molecule has 0 radical (unpaired) electrons. The van der Waals surface area contributed by atoms with Crippen LogP contribution in [0.2, 0.25) is 15.1 Å². The number of aromatic hydroxyl groups is 1. The van der Waals surface area contributed by atoms with Crippen LogP contribution < -0.4 is 5.32 Å². The standard InChI is InChI=1S/C19H16Cl3N3O3S/c1-9-3-4-10(5-12(9)20)23-18(28)15-8-16(26)25(2)19(29-15)24-11-6-13(21)17(27)14(22)7-11/h3-7,15,27H,8H2,1-2H3,(H,23,28). The lowest BCUT2D eigenvalue weighted by atomic mass is 10.2. The number of anilines is 1. The number of hydrogen-bond donors (Lipinski definition) is 2. The summed E-state index contributed by atoms with van der Waals surface area (Å²) in [5.74, 6) is -0.821. The highest BCUT2D eigenvalue weighted by molar-refractivity contribution is 8.15. The Morgan fingerprint density at radius 3 is 2.48 bits per heavy atom. The lowest BCUT2D eigenvalue weighted by Crippen LogP contribution is -2.43. The molecule has 0 bridgehead atoms. The third kappa shape index (κ3) is 4.98. The van der Waals surface area contributed by atoms with E-state index in [9.17, 15) is 14.7 Å². The topological polar surface area (TPSA) is 82.0 Å². The number of halogens is 3. The minimum atomic E-state index is -0.666. The number of amidine groups is 1. The maximum atomic E-state index is 12.7. The molecule has 0 aliphatic carbocycles. The van der Waals surface area contributed by atoms with Crippen LogP contribution in [0, 0.1) is 6.92 Å². The lowest BCUT2D eigenvalue weighted by molar-refractivity contribution is -0.128. The summed E-state index contributed by atoms with van der Waals surface area (Å²) in [6.45, 7) is 1.87. The number of aryl methyl sites for hydroxylation is 1. The lowest BCUT2D eigenvalue weighted by Gasteiger charge is -2.28. The number of aliphatic imine (C=N–C) groups is 1. The second-order valence-corrected chi connectivity index (χ2v) is 8.76. The highest BCUT2D eigenvalue weighted by atomic mass is 35.5. The summed E-state index contributed by atoms with van der Waals surface area (Å²) >= 11 is 19.1. The van der Waals surface area contributed by atoms with Gasteiger partial charge in [-0.2, -0.15) is 0 Å². The van der Waals surface area contributed by atoms with Crippen LogP contribution in [0.5, 0.6) is 5.75 Å². The summed E-state index contributed by atoms with van der Waals surface area (Å²) in [5.41, 5.74) is 1.80. The largest absolute Gasteiger partial charge is 0.505 e. The minimum absolute atomic E-state index is 0.0305. The van der Waals surface area contributed by atoms with E-state index in [1.807, 2.05) is 6.92 Å². The smallest absolute Gasteiger partial charge is 0.238 e. The summed E-state index contributed by atoms with van der Waals surface area (Å²) in [6, 6.07) is 8.05. The Morgan fingerprint density at radius 2 is 1.86 bits per heavy atom. The van der Waals surface area contributed by atoms with Crippen LogP contribution in [0.1, 0.15) is 12.0 Å². The van der Waals surface area contributed by atoms with Gasteiger partial charge in [0.25, 0.3) is 0 Å². The normalized spacial score (nSPS) is 18.2. The van der Waals surface area contributed by atoms with E-state index in [0.717, 1.165) is 17.3 Å². The van der Waals surface area contributed by atoms with Gasteiger partial charge in [0.15, 0.2) is 10.9 Å². The fourth-order valence-corrected chi connectivity index (χ4v) is 4.24. The molecule has 1 fully saturated rings. The number of rotatable bonds is 3. The Balaban J connectivity index is 1.82. The average molecular weight is 473 g/mol. The molecule has 1 heterocycles. The number of carbonyl (C=O) groups is 2. The summed E-state index contributed by atoms with van der Waals surface area (Å²) in [7, 11) is 1.58. The number of phenolic OH excluding ortho intramolecular Hbond substituents is 1. The Kier molecular flexibility index (Phi) is 6.63. The molecule has 152 valence electrons. The monoisotopic (exact) mass is 471 g/mol. The molecule has 10 heteroatoms. The van der Waals surface area contributed by atoms with Gasteiger partial charge in [0, 0.05) is 24.2 Å². The number of nitrogens with one attached hydrogen (secondary N) is 1. The summed E-state index contributed by atoms with van der Waals surface area (Å²) < 4.78 is 0. The van der Waals surface area contributed by atoms with Gasteiger partial charge in [-0.25, -0.2) is 4.99 Å². The van der Waals surface area contributed by atoms with Gasteiger partial charge in [0.2, 0.25) is 11.8 Å². The Bertz CT molecular complexity index is 1010. The van der Waals surface area contributed by atoms with E-state index in [2.05, 4.69) is 10.3 Å². The molecule has 29 heavy (non-hydrogen) atoms. The maximum Gasteiger partial charge on any atom is 0.238 e. The predicted octanol–water partition coefficient (Wildman–Crippen LogP) is 5.25. The SMILES string of the molecule is Cc1ccc(NC(=O)C2CC(=O)N(C)C(=Nc3cc(Cl)c(O)c(Cl)c3)S2)cc1Cl. The number of carbonyl (C=O) groups excluding carboxylic acids is 2. The first-order valence-corrected chi connectivity index (χ1v) is 10.4. The van der Waals surface area contributed by atoms with Crippen LogP contribution in [0.15, 0.2) is 35.3 Å². The quantitative estimate of drug-likeness (QED) is 0.639. The first kappa shape index (κ1) is 21.8. The molecule has 6 nitrogen and oxygen atoms in total. The van der Waals surface area contributed by atoms with Crippen molar-refractivity contribution in [2.45, 2.75) is 18.6 Å². The summed E-state index contributed by atoms with van der Waals surface area (Å²) in [5, 5.41) is 12.7. The van der Waals surface area contributed by atoms with Crippen molar-refractivity contribution in [3.8, 4) is 5.75 Å². The molecule has 2 amide bonds. The van der Waals surface area contributed by atoms with Crippen LogP contribution >= 0.6 is 46.6 Å². The second kappa shape index (κ2) is 8.83. The molecule has 0 aromatic heterocycles. The van der Waals surface area contributed by atoms with Gasteiger partial charge in [-0.15, -0.1) is 0 Å². The zero-order chi connectivity index (χ0) is 21.3. The van der Waals surface area contributed by atoms with E-state index in [4.69, 9.17) is 34.8 Å². The van der Waals surface area contributed by atoms with Crippen LogP contribution in [0.4, 0.5) is 11.4 Å². The van der Waals surface area contributed by atoms with E-state index in [1.165, 1.54) is 17.0 Å². The molecule has 2 N–H and O–H groups in total. The zero-order valence-electron chi connectivity index (χ0n) is 15.4. The van der Waals surface area contributed by atoms with Gasteiger partial charge >= 0.3 is 0 Å². The van der Waals surface area contributed by atoms with Crippen LogP contribution in [0.25, 0.3) is 0 Å². The van der Waals surface area contributed by atoms with Crippen LogP contribution in [-0.2, 0) is 9.59 Å². The van der Waals surface area contributed by atoms with Crippen molar-refractivity contribution in [3.05, 3.63) is 51.0 Å². The molecule has 1 saturated heterocycles. The molecule has 1 unspecified atom stereocenters. The molecule has 1 atom stereocenters. The van der Waals surface area contributed by atoms with E-state index in [0.29, 0.717) is 21.6 Å². The van der Waals surface area contributed by atoms with E-state index >= 15 is 0 Å². The minimum Gasteiger partial charge on any atom is -0.505 e. The van der Waals surface area contributed by atoms with Gasteiger partial charge in [-0.3, -0.25) is 14.5 Å². The van der Waals surface area contributed by atoms with Gasteiger partial charge in [0.1, 0.15) is 5.25 Å². The van der Waals surface area contributed by atoms with Crippen LogP contribution in [0.3, 0.4) is 0 Å². The highest BCUT2D eigenvalue weighted by Gasteiger charge is 2.34. The number of phenols is 1. The van der Waals surface area contributed by atoms with Gasteiger partial charge < -0.3 is 10.4 Å². The van der Waals surface area contributed by atoms with Crippen molar-refractivity contribution in [1.29, 1.82) is 0 Å². The first-order chi connectivity index (χ1) is 13.7. The fraction of sp³-hybridized carbons (Fsp3) is 0.211. The van der Waals surface area contributed by atoms with Crippen LogP contribution in [-0.4, -0.2) is 39.3 Å². The van der Waals surface area contributed by atoms with E-state index in [-0.39, 0.29) is 34.0 Å². The van der Waals surface area contributed by atoms with Gasteiger partial charge in [-0.1, -0.05) is 52.6 Å². The zero-order valence-corrected chi connectivity index (χ0v) is 18.5. The maximum absolute atomic E-state index is 12.7. The molecule has 0 saturated carbocycles. The van der Waals surface area contributed by atoms with Crippen molar-refractivity contribution in [2.75, 3.05) is 12.4 Å². The molecular formula is C19H16Cl3N3O3S. The van der Waals surface area contributed by atoms with Crippen molar-refractivity contribution in [3.63, 3.8) is 0 Å². The van der Waals surface area contributed by atoms with Crippen molar-refractivity contribution < 1.29 is 14.7 Å². The first-order valence-electron chi connectivity index (χ1n) is 8.42.